The molecule has 242 valence electrons. The number of aromatic nitrogens is 4. The number of halogens is 1. The molecule has 2 unspecified atom stereocenters. The highest BCUT2D eigenvalue weighted by Crippen LogP contribution is 2.47. The Morgan fingerprint density at radius 2 is 1.87 bits per heavy atom. The topological polar surface area (TPSA) is 137 Å². The fourth-order valence-corrected chi connectivity index (χ4v) is 7.91. The molecule has 0 bridgehead atoms. The molecule has 3 amide bonds. The average Bonchev–Trinajstić information content (AvgIpc) is 3.51. The predicted octanol–water partition coefficient (Wildman–Crippen LogP) is 4.80. The number of imide groups is 1. The number of amides is 3. The summed E-state index contributed by atoms with van der Waals surface area (Å²) in [5.74, 6) is 0.372. The maximum absolute atomic E-state index is 12.6. The number of nitrogens with zero attached hydrogens (tertiary/aromatic N) is 6. The van der Waals surface area contributed by atoms with Gasteiger partial charge in [0, 0.05) is 61.1 Å². The molecule has 2 aromatic carbocycles. The Bertz CT molecular complexity index is 1950. The maximum atomic E-state index is 12.6. The van der Waals surface area contributed by atoms with Crippen LogP contribution < -0.4 is 25.8 Å². The number of anilines is 5. The van der Waals surface area contributed by atoms with Crippen molar-refractivity contribution in [2.75, 3.05) is 34.0 Å². The third-order valence-electron chi connectivity index (χ3n) is 10.4. The van der Waals surface area contributed by atoms with Crippen LogP contribution in [0.5, 0.6) is 0 Å². The van der Waals surface area contributed by atoms with Gasteiger partial charge in [-0.15, -0.1) is 0 Å². The van der Waals surface area contributed by atoms with Crippen molar-refractivity contribution in [2.24, 2.45) is 7.05 Å². The molecule has 3 fully saturated rings. The number of aryl methyl sites for hydroxylation is 1. The van der Waals surface area contributed by atoms with E-state index in [2.05, 4.69) is 38.0 Å². The summed E-state index contributed by atoms with van der Waals surface area (Å²) in [6.45, 7) is 0.805. The summed E-state index contributed by atoms with van der Waals surface area (Å²) in [6, 6.07) is 12.3. The van der Waals surface area contributed by atoms with E-state index in [9.17, 15) is 14.4 Å². The maximum Gasteiger partial charge on any atom is 0.235 e. The summed E-state index contributed by atoms with van der Waals surface area (Å²) < 4.78 is 1.82. The number of piperidine rings is 2. The van der Waals surface area contributed by atoms with Crippen molar-refractivity contribution in [3.63, 3.8) is 0 Å². The highest BCUT2D eigenvalue weighted by molar-refractivity contribution is 6.33. The second-order valence-electron chi connectivity index (χ2n) is 13.3. The van der Waals surface area contributed by atoms with Gasteiger partial charge in [0.1, 0.15) is 5.02 Å². The first-order valence-electron chi connectivity index (χ1n) is 16.2. The van der Waals surface area contributed by atoms with Crippen molar-refractivity contribution >= 4 is 69.1 Å². The Balaban J connectivity index is 0.986. The van der Waals surface area contributed by atoms with E-state index in [1.807, 2.05) is 36.0 Å². The van der Waals surface area contributed by atoms with Gasteiger partial charge in [0.05, 0.1) is 29.7 Å². The Hall–Kier alpha value is -4.71. The molecule has 0 radical (unpaired) electrons. The van der Waals surface area contributed by atoms with Gasteiger partial charge in [0.15, 0.2) is 5.82 Å². The van der Waals surface area contributed by atoms with Crippen molar-refractivity contribution in [2.45, 2.75) is 68.9 Å². The van der Waals surface area contributed by atoms with Crippen LogP contribution in [0.3, 0.4) is 0 Å². The lowest BCUT2D eigenvalue weighted by Crippen LogP contribution is -2.61. The number of rotatable bonds is 6. The Morgan fingerprint density at radius 1 is 1.04 bits per heavy atom. The molecule has 1 spiro atoms. The van der Waals surface area contributed by atoms with Crippen LogP contribution in [-0.4, -0.2) is 62.6 Å². The van der Waals surface area contributed by atoms with Crippen molar-refractivity contribution in [1.82, 2.24) is 25.1 Å². The molecule has 5 heterocycles. The van der Waals surface area contributed by atoms with Crippen LogP contribution in [-0.2, 0) is 27.9 Å². The van der Waals surface area contributed by atoms with Gasteiger partial charge in [-0.2, -0.15) is 10.1 Å². The van der Waals surface area contributed by atoms with E-state index in [1.54, 1.807) is 18.1 Å². The van der Waals surface area contributed by atoms with Crippen LogP contribution in [0.1, 0.15) is 62.1 Å². The lowest BCUT2D eigenvalue weighted by atomic mass is 9.69. The van der Waals surface area contributed by atoms with Crippen LogP contribution in [0, 0.1) is 0 Å². The summed E-state index contributed by atoms with van der Waals surface area (Å²) in [5, 5.41) is 15.7. The molecule has 47 heavy (non-hydrogen) atoms. The van der Waals surface area contributed by atoms with Crippen molar-refractivity contribution in [3.8, 4) is 0 Å². The summed E-state index contributed by atoms with van der Waals surface area (Å²) >= 11 is 6.57. The Morgan fingerprint density at radius 3 is 2.66 bits per heavy atom. The van der Waals surface area contributed by atoms with Crippen molar-refractivity contribution in [3.05, 3.63) is 58.9 Å². The first-order chi connectivity index (χ1) is 22.7. The second kappa shape index (κ2) is 11.2. The third kappa shape index (κ3) is 5.15. The minimum atomic E-state index is -0.426. The van der Waals surface area contributed by atoms with Gasteiger partial charge in [-0.05, 0) is 80.5 Å². The molecule has 13 heteroatoms. The van der Waals surface area contributed by atoms with Gasteiger partial charge >= 0.3 is 0 Å². The lowest BCUT2D eigenvalue weighted by Gasteiger charge is -2.55. The number of carbonyl (C=O) groups is 3. The normalized spacial score (nSPS) is 22.0. The van der Waals surface area contributed by atoms with E-state index in [1.165, 1.54) is 0 Å². The van der Waals surface area contributed by atoms with Crippen LogP contribution in [0.4, 0.5) is 28.8 Å². The summed E-state index contributed by atoms with van der Waals surface area (Å²) in [4.78, 5) is 50.0. The molecule has 8 rings (SSSR count). The molecule has 3 aliphatic heterocycles. The van der Waals surface area contributed by atoms with Crippen molar-refractivity contribution in [1.29, 1.82) is 0 Å². The lowest BCUT2D eigenvalue weighted by molar-refractivity contribution is -0.134. The third-order valence-corrected chi connectivity index (χ3v) is 10.7. The SMILES string of the molecule is CN1C(=O)Cc2cc(Nc3nc(N4CCC(Nc5ccc6c(C7CCC(=O)NC7=O)nn(C)c6c5)CC45CCC5)ncc3Cl)ccc21. The summed E-state index contributed by atoms with van der Waals surface area (Å²) in [7, 11) is 3.69. The highest BCUT2D eigenvalue weighted by atomic mass is 35.5. The van der Waals surface area contributed by atoms with Crippen LogP contribution in [0.25, 0.3) is 10.9 Å². The standard InChI is InChI=1S/C34H36ClN9O3/c1-42-26-8-5-20(14-19(26)15-29(42)46)38-31-25(35)18-36-33(40-31)44-13-10-22(17-34(44)11-3-12-34)37-21-4-6-23-27(16-21)43(2)41-30(23)24-7-9-28(45)39-32(24)47/h4-6,8,14,16,18,22,24,37H,3,7,9-13,15,17H2,1-2H3,(H,36,38,40)(H,39,45,47). The predicted molar refractivity (Wildman–Crippen MR) is 180 cm³/mol. The minimum absolute atomic E-state index is 0.0326. The second-order valence-corrected chi connectivity index (χ2v) is 13.7. The van der Waals surface area contributed by atoms with Gasteiger partial charge in [0.2, 0.25) is 23.7 Å². The highest BCUT2D eigenvalue weighted by Gasteiger charge is 2.48. The zero-order valence-corrected chi connectivity index (χ0v) is 27.1. The van der Waals surface area contributed by atoms with Crippen LogP contribution in [0.15, 0.2) is 42.6 Å². The fraction of sp³-hybridized carbons (Fsp3) is 0.412. The van der Waals surface area contributed by atoms with Crippen LogP contribution in [0.2, 0.25) is 5.02 Å². The van der Waals surface area contributed by atoms with E-state index in [0.717, 1.165) is 77.9 Å². The van der Waals surface area contributed by atoms with E-state index in [-0.39, 0.29) is 29.3 Å². The van der Waals surface area contributed by atoms with E-state index >= 15 is 0 Å². The zero-order chi connectivity index (χ0) is 32.4. The Labute approximate surface area is 276 Å². The van der Waals surface area contributed by atoms with Gasteiger partial charge in [-0.1, -0.05) is 11.6 Å². The number of benzene rings is 2. The first-order valence-corrected chi connectivity index (χ1v) is 16.6. The molecule has 3 N–H and O–H groups in total. The van der Waals surface area contributed by atoms with E-state index in [0.29, 0.717) is 36.1 Å². The quantitative estimate of drug-likeness (QED) is 0.251. The largest absolute Gasteiger partial charge is 0.382 e. The molecule has 12 nitrogen and oxygen atoms in total. The molecular formula is C34H36ClN9O3. The molecule has 4 aromatic rings. The fourth-order valence-electron chi connectivity index (χ4n) is 7.77. The number of hydrogen-bond donors (Lipinski definition) is 3. The number of carbonyl (C=O) groups excluding carboxylic acids is 3. The molecule has 2 aromatic heterocycles. The van der Waals surface area contributed by atoms with Gasteiger partial charge < -0.3 is 20.4 Å². The number of fused-ring (bicyclic) bond motifs is 2. The first kappa shape index (κ1) is 29.7. The van der Waals surface area contributed by atoms with Gasteiger partial charge in [-0.25, -0.2) is 4.98 Å². The van der Waals surface area contributed by atoms with E-state index in [4.69, 9.17) is 21.7 Å². The summed E-state index contributed by atoms with van der Waals surface area (Å²) in [5.41, 5.74) is 5.38. The molecule has 4 aliphatic rings. The molecule has 2 saturated heterocycles. The summed E-state index contributed by atoms with van der Waals surface area (Å²) in [6.07, 6.45) is 8.02. The average molecular weight is 654 g/mol. The number of nitrogens with one attached hydrogen (secondary N) is 3. The Kier molecular flexibility index (Phi) is 7.08. The van der Waals surface area contributed by atoms with E-state index < -0.39 is 5.92 Å². The van der Waals surface area contributed by atoms with Gasteiger partial charge in [0.25, 0.3) is 0 Å². The monoisotopic (exact) mass is 653 g/mol. The molecule has 1 saturated carbocycles. The smallest absolute Gasteiger partial charge is 0.235 e. The van der Waals surface area contributed by atoms with Gasteiger partial charge in [-0.3, -0.25) is 24.4 Å². The molecule has 2 atom stereocenters. The number of likely N-dealkylation sites (N-methyl/N-ethyl adjacent to an activating group) is 1. The zero-order valence-electron chi connectivity index (χ0n) is 26.3. The van der Waals surface area contributed by atoms with Crippen molar-refractivity contribution < 1.29 is 14.4 Å². The minimum Gasteiger partial charge on any atom is -0.382 e. The van der Waals surface area contributed by atoms with Crippen LogP contribution >= 0.6 is 11.6 Å². The molecular weight excluding hydrogens is 618 g/mol. The molecule has 1 aliphatic carbocycles. The number of hydrogen-bond acceptors (Lipinski definition) is 9.